The first-order valence-corrected chi connectivity index (χ1v) is 6.41. The maximum Gasteiger partial charge on any atom is 0.303 e. The van der Waals surface area contributed by atoms with Crippen molar-refractivity contribution in [2.24, 2.45) is 5.92 Å². The Morgan fingerprint density at radius 2 is 2.21 bits per heavy atom. The van der Waals surface area contributed by atoms with Gasteiger partial charge in [-0.1, -0.05) is 0 Å². The van der Waals surface area contributed by atoms with Gasteiger partial charge in [-0.25, -0.2) is 12.7 Å². The van der Waals surface area contributed by atoms with Gasteiger partial charge in [0.25, 0.3) is 0 Å². The minimum Gasteiger partial charge on any atom is -0.481 e. The molecular formula is C8H15NO4S. The van der Waals surface area contributed by atoms with E-state index in [9.17, 15) is 13.2 Å². The summed E-state index contributed by atoms with van der Waals surface area (Å²) < 4.78 is 23.7. The van der Waals surface area contributed by atoms with Gasteiger partial charge in [-0.2, -0.15) is 0 Å². The standard InChI is InChI=1S/C8H15NO4S/c1-14(12,13)9-5-4-7(6-9)2-3-8(10)11/h7H,2-6H2,1H3,(H,10,11). The van der Waals surface area contributed by atoms with Crippen molar-refractivity contribution in [1.29, 1.82) is 0 Å². The van der Waals surface area contributed by atoms with Gasteiger partial charge >= 0.3 is 5.97 Å². The van der Waals surface area contributed by atoms with Crippen LogP contribution in [0.4, 0.5) is 0 Å². The van der Waals surface area contributed by atoms with Crippen molar-refractivity contribution in [3.8, 4) is 0 Å². The van der Waals surface area contributed by atoms with Gasteiger partial charge in [-0.05, 0) is 18.8 Å². The second-order valence-corrected chi connectivity index (χ2v) is 5.69. The van der Waals surface area contributed by atoms with Crippen molar-refractivity contribution in [3.05, 3.63) is 0 Å². The van der Waals surface area contributed by atoms with Crippen LogP contribution in [0.3, 0.4) is 0 Å². The van der Waals surface area contributed by atoms with Crippen LogP contribution in [-0.2, 0) is 14.8 Å². The molecular weight excluding hydrogens is 206 g/mol. The molecule has 1 heterocycles. The van der Waals surface area contributed by atoms with E-state index in [1.807, 2.05) is 0 Å². The molecule has 1 N–H and O–H groups in total. The molecule has 0 aromatic carbocycles. The molecule has 0 radical (unpaired) electrons. The number of carbonyl (C=O) groups is 1. The highest BCUT2D eigenvalue weighted by Crippen LogP contribution is 2.22. The highest BCUT2D eigenvalue weighted by atomic mass is 32.2. The summed E-state index contributed by atoms with van der Waals surface area (Å²) in [6.07, 6.45) is 2.66. The van der Waals surface area contributed by atoms with Gasteiger partial charge in [0, 0.05) is 19.5 Å². The fourth-order valence-electron chi connectivity index (χ4n) is 1.66. The van der Waals surface area contributed by atoms with Crippen molar-refractivity contribution >= 4 is 16.0 Å². The number of nitrogens with zero attached hydrogens (tertiary/aromatic N) is 1. The van der Waals surface area contributed by atoms with Crippen LogP contribution in [0, 0.1) is 5.92 Å². The highest BCUT2D eigenvalue weighted by Gasteiger charge is 2.28. The normalized spacial score (nSPS) is 23.9. The largest absolute Gasteiger partial charge is 0.481 e. The van der Waals surface area contributed by atoms with E-state index < -0.39 is 16.0 Å². The van der Waals surface area contributed by atoms with Crippen LogP contribution in [0.25, 0.3) is 0 Å². The lowest BCUT2D eigenvalue weighted by Gasteiger charge is -2.12. The highest BCUT2D eigenvalue weighted by molar-refractivity contribution is 7.88. The zero-order chi connectivity index (χ0) is 10.8. The van der Waals surface area contributed by atoms with Crippen molar-refractivity contribution in [2.75, 3.05) is 19.3 Å². The number of sulfonamides is 1. The lowest BCUT2D eigenvalue weighted by atomic mass is 10.0. The summed E-state index contributed by atoms with van der Waals surface area (Å²) in [4.78, 5) is 10.3. The summed E-state index contributed by atoms with van der Waals surface area (Å²) in [5, 5.41) is 8.47. The van der Waals surface area contributed by atoms with Crippen molar-refractivity contribution in [1.82, 2.24) is 4.31 Å². The van der Waals surface area contributed by atoms with E-state index in [1.165, 1.54) is 10.6 Å². The lowest BCUT2D eigenvalue weighted by Crippen LogP contribution is -2.27. The maximum atomic E-state index is 11.1. The van der Waals surface area contributed by atoms with Crippen LogP contribution in [0.15, 0.2) is 0 Å². The van der Waals surface area contributed by atoms with Gasteiger partial charge < -0.3 is 5.11 Å². The Kier molecular flexibility index (Phi) is 3.49. The molecule has 1 unspecified atom stereocenters. The zero-order valence-electron chi connectivity index (χ0n) is 8.14. The molecule has 0 amide bonds. The molecule has 0 aliphatic carbocycles. The fraction of sp³-hybridized carbons (Fsp3) is 0.875. The van der Waals surface area contributed by atoms with E-state index in [1.54, 1.807) is 0 Å². The topological polar surface area (TPSA) is 74.7 Å². The van der Waals surface area contributed by atoms with E-state index >= 15 is 0 Å². The Bertz CT molecular complexity index is 311. The third-order valence-corrected chi connectivity index (χ3v) is 3.75. The van der Waals surface area contributed by atoms with Gasteiger partial charge in [-0.3, -0.25) is 4.79 Å². The number of carboxylic acid groups (broad SMARTS) is 1. The van der Waals surface area contributed by atoms with Gasteiger partial charge in [0.05, 0.1) is 6.26 Å². The van der Waals surface area contributed by atoms with E-state index in [4.69, 9.17) is 5.11 Å². The monoisotopic (exact) mass is 221 g/mol. The maximum absolute atomic E-state index is 11.1. The molecule has 14 heavy (non-hydrogen) atoms. The molecule has 5 nitrogen and oxygen atoms in total. The minimum absolute atomic E-state index is 0.127. The van der Waals surface area contributed by atoms with Crippen LogP contribution in [0.1, 0.15) is 19.3 Å². The summed E-state index contributed by atoms with van der Waals surface area (Å²) in [6, 6.07) is 0. The second kappa shape index (κ2) is 4.27. The molecule has 0 bridgehead atoms. The molecule has 0 saturated carbocycles. The molecule has 1 atom stereocenters. The van der Waals surface area contributed by atoms with Gasteiger partial charge in [-0.15, -0.1) is 0 Å². The fourth-order valence-corrected chi connectivity index (χ4v) is 2.58. The average Bonchev–Trinajstić information content (AvgIpc) is 2.47. The molecule has 1 aliphatic heterocycles. The molecule has 0 aromatic heterocycles. The Balaban J connectivity index is 2.38. The number of hydrogen-bond acceptors (Lipinski definition) is 3. The SMILES string of the molecule is CS(=O)(=O)N1CCC(CCC(=O)O)C1. The predicted molar refractivity (Wildman–Crippen MR) is 51.4 cm³/mol. The quantitative estimate of drug-likeness (QED) is 0.732. The van der Waals surface area contributed by atoms with Crippen LogP contribution in [0.2, 0.25) is 0 Å². The Labute approximate surface area is 83.8 Å². The van der Waals surface area contributed by atoms with Crippen molar-refractivity contribution in [3.63, 3.8) is 0 Å². The van der Waals surface area contributed by atoms with Crippen molar-refractivity contribution < 1.29 is 18.3 Å². The van der Waals surface area contributed by atoms with Gasteiger partial charge in [0.1, 0.15) is 0 Å². The van der Waals surface area contributed by atoms with E-state index in [2.05, 4.69) is 0 Å². The third kappa shape index (κ3) is 3.26. The summed E-state index contributed by atoms with van der Waals surface area (Å²) in [6.45, 7) is 1.01. The van der Waals surface area contributed by atoms with Crippen LogP contribution in [-0.4, -0.2) is 43.1 Å². The summed E-state index contributed by atoms with van der Waals surface area (Å²) in [5.74, 6) is -0.608. The van der Waals surface area contributed by atoms with Crippen LogP contribution in [0.5, 0.6) is 0 Å². The summed E-state index contributed by atoms with van der Waals surface area (Å²) >= 11 is 0. The third-order valence-electron chi connectivity index (χ3n) is 2.48. The number of carboxylic acids is 1. The molecule has 82 valence electrons. The number of rotatable bonds is 4. The first-order valence-electron chi connectivity index (χ1n) is 4.56. The van der Waals surface area contributed by atoms with Gasteiger partial charge in [0.15, 0.2) is 0 Å². The number of aliphatic carboxylic acids is 1. The van der Waals surface area contributed by atoms with E-state index in [-0.39, 0.29) is 12.3 Å². The molecule has 0 aromatic rings. The minimum atomic E-state index is -3.09. The Morgan fingerprint density at radius 1 is 1.57 bits per heavy atom. The summed E-state index contributed by atoms with van der Waals surface area (Å²) in [7, 11) is -3.09. The van der Waals surface area contributed by atoms with Crippen molar-refractivity contribution in [2.45, 2.75) is 19.3 Å². The first-order chi connectivity index (χ1) is 6.39. The molecule has 1 fully saturated rings. The Morgan fingerprint density at radius 3 is 2.64 bits per heavy atom. The lowest BCUT2D eigenvalue weighted by molar-refractivity contribution is -0.137. The zero-order valence-corrected chi connectivity index (χ0v) is 8.96. The van der Waals surface area contributed by atoms with Crippen LogP contribution >= 0.6 is 0 Å². The van der Waals surface area contributed by atoms with E-state index in [0.717, 1.165) is 6.42 Å². The van der Waals surface area contributed by atoms with Gasteiger partial charge in [0.2, 0.25) is 10.0 Å². The molecule has 0 spiro atoms. The molecule has 6 heteroatoms. The molecule has 1 rings (SSSR count). The first kappa shape index (κ1) is 11.5. The smallest absolute Gasteiger partial charge is 0.303 e. The Hall–Kier alpha value is -0.620. The van der Waals surface area contributed by atoms with Crippen LogP contribution < -0.4 is 0 Å². The number of hydrogen-bond donors (Lipinski definition) is 1. The molecule has 1 saturated heterocycles. The average molecular weight is 221 g/mol. The van der Waals surface area contributed by atoms with E-state index in [0.29, 0.717) is 19.5 Å². The predicted octanol–water partition coefficient (Wildman–Crippen LogP) is 0.133. The summed E-state index contributed by atoms with van der Waals surface area (Å²) in [5.41, 5.74) is 0. The second-order valence-electron chi connectivity index (χ2n) is 3.71. The molecule has 1 aliphatic rings.